The molecule has 0 unspecified atom stereocenters. The summed E-state index contributed by atoms with van der Waals surface area (Å²) >= 11 is 5.63. The Bertz CT molecular complexity index is 417. The summed E-state index contributed by atoms with van der Waals surface area (Å²) in [7, 11) is 0. The van der Waals surface area contributed by atoms with Crippen LogP contribution in [0.5, 0.6) is 0 Å². The number of hydrogen-bond acceptors (Lipinski definition) is 2. The van der Waals surface area contributed by atoms with Gasteiger partial charge in [-0.25, -0.2) is 4.98 Å². The van der Waals surface area contributed by atoms with E-state index in [-0.39, 0.29) is 10.7 Å². The maximum Gasteiger partial charge on any atom is 0.254 e. The van der Waals surface area contributed by atoms with Crippen LogP contribution in [-0.2, 0) is 6.54 Å². The summed E-state index contributed by atoms with van der Waals surface area (Å²) in [6, 6.07) is 1.31. The van der Waals surface area contributed by atoms with Crippen LogP contribution in [0, 0.1) is 19.3 Å². The first-order valence-electron chi connectivity index (χ1n) is 4.32. The Labute approximate surface area is 87.7 Å². The minimum atomic E-state index is -0.125. The third-order valence-corrected chi connectivity index (χ3v) is 2.06. The quantitative estimate of drug-likeness (QED) is 0.432. The third kappa shape index (κ3) is 2.61. The molecule has 0 saturated carbocycles. The van der Waals surface area contributed by atoms with Crippen molar-refractivity contribution in [1.82, 2.24) is 9.55 Å². The Morgan fingerprint density at radius 1 is 1.71 bits per heavy atom. The molecule has 0 N–H and O–H groups in total. The molecule has 0 radical (unpaired) electrons. The van der Waals surface area contributed by atoms with Crippen LogP contribution in [-0.4, -0.2) is 9.55 Å². The van der Waals surface area contributed by atoms with Crippen molar-refractivity contribution in [1.29, 1.82) is 0 Å². The standard InChI is InChI=1S/C10H11ClN2O/c1-3-4-5-6-13-8(2)12-9(11)7-10(13)14/h1,7H,4-6H2,2H3. The second-order valence-corrected chi connectivity index (χ2v) is 3.31. The van der Waals surface area contributed by atoms with Gasteiger partial charge in [0.05, 0.1) is 0 Å². The molecule has 0 amide bonds. The lowest BCUT2D eigenvalue weighted by Gasteiger charge is -2.07. The maximum atomic E-state index is 11.4. The zero-order valence-electron chi connectivity index (χ0n) is 7.96. The molecule has 0 atom stereocenters. The average molecular weight is 211 g/mol. The lowest BCUT2D eigenvalue weighted by Crippen LogP contribution is -2.22. The van der Waals surface area contributed by atoms with E-state index in [1.54, 1.807) is 11.5 Å². The van der Waals surface area contributed by atoms with Gasteiger partial charge in [-0.3, -0.25) is 9.36 Å². The molecule has 1 aromatic rings. The lowest BCUT2D eigenvalue weighted by atomic mass is 10.3. The van der Waals surface area contributed by atoms with Gasteiger partial charge in [-0.1, -0.05) is 11.6 Å². The monoisotopic (exact) mass is 210 g/mol. The summed E-state index contributed by atoms with van der Waals surface area (Å²) in [5.41, 5.74) is -0.125. The van der Waals surface area contributed by atoms with Crippen molar-refractivity contribution in [2.24, 2.45) is 0 Å². The van der Waals surface area contributed by atoms with Crippen molar-refractivity contribution in [3.05, 3.63) is 27.4 Å². The summed E-state index contributed by atoms with van der Waals surface area (Å²) < 4.78 is 1.57. The third-order valence-electron chi connectivity index (χ3n) is 1.87. The van der Waals surface area contributed by atoms with E-state index in [0.29, 0.717) is 18.8 Å². The summed E-state index contributed by atoms with van der Waals surface area (Å²) in [5.74, 6) is 3.15. The fourth-order valence-electron chi connectivity index (χ4n) is 1.20. The van der Waals surface area contributed by atoms with Crippen LogP contribution >= 0.6 is 11.6 Å². The van der Waals surface area contributed by atoms with Gasteiger partial charge < -0.3 is 0 Å². The van der Waals surface area contributed by atoms with Gasteiger partial charge in [-0.05, 0) is 13.3 Å². The minimum Gasteiger partial charge on any atom is -0.297 e. The fraction of sp³-hybridized carbons (Fsp3) is 0.400. The summed E-state index contributed by atoms with van der Waals surface area (Å²) in [6.07, 6.45) is 6.56. The van der Waals surface area contributed by atoms with Crippen molar-refractivity contribution in [3.8, 4) is 12.3 Å². The second kappa shape index (κ2) is 4.83. The van der Waals surface area contributed by atoms with Crippen LogP contribution < -0.4 is 5.56 Å². The molecule has 0 fully saturated rings. The average Bonchev–Trinajstić information content (AvgIpc) is 2.09. The molecule has 0 bridgehead atoms. The summed E-state index contributed by atoms with van der Waals surface area (Å²) in [5, 5.41) is 0.237. The van der Waals surface area contributed by atoms with E-state index in [1.807, 2.05) is 0 Å². The van der Waals surface area contributed by atoms with Gasteiger partial charge in [-0.15, -0.1) is 12.3 Å². The number of rotatable bonds is 3. The normalized spacial score (nSPS) is 9.79. The second-order valence-electron chi connectivity index (χ2n) is 2.92. The van der Waals surface area contributed by atoms with Crippen LogP contribution in [0.2, 0.25) is 5.15 Å². The van der Waals surface area contributed by atoms with Gasteiger partial charge in [0.25, 0.3) is 5.56 Å². The zero-order valence-corrected chi connectivity index (χ0v) is 8.71. The Balaban J connectivity index is 2.87. The highest BCUT2D eigenvalue weighted by Crippen LogP contribution is 2.02. The number of aromatic nitrogens is 2. The number of unbranched alkanes of at least 4 members (excludes halogenated alkanes) is 1. The van der Waals surface area contributed by atoms with Crippen molar-refractivity contribution in [2.75, 3.05) is 0 Å². The molecule has 1 rings (SSSR count). The fourth-order valence-corrected chi connectivity index (χ4v) is 1.41. The number of hydrogen-bond donors (Lipinski definition) is 0. The molecule has 0 aliphatic carbocycles. The van der Waals surface area contributed by atoms with Gasteiger partial charge in [0.2, 0.25) is 0 Å². The molecule has 1 aromatic heterocycles. The van der Waals surface area contributed by atoms with Gasteiger partial charge in [0.1, 0.15) is 11.0 Å². The van der Waals surface area contributed by atoms with E-state index < -0.39 is 0 Å². The van der Waals surface area contributed by atoms with Crippen LogP contribution in [0.25, 0.3) is 0 Å². The van der Waals surface area contributed by atoms with E-state index in [1.165, 1.54) is 6.07 Å². The highest BCUT2D eigenvalue weighted by atomic mass is 35.5. The van der Waals surface area contributed by atoms with Gasteiger partial charge >= 0.3 is 0 Å². The summed E-state index contributed by atoms with van der Waals surface area (Å²) in [6.45, 7) is 2.35. The molecular weight excluding hydrogens is 200 g/mol. The number of terminal acetylenes is 1. The zero-order chi connectivity index (χ0) is 10.6. The minimum absolute atomic E-state index is 0.125. The van der Waals surface area contributed by atoms with Gasteiger partial charge in [-0.2, -0.15) is 0 Å². The molecule has 74 valence electrons. The van der Waals surface area contributed by atoms with Crippen molar-refractivity contribution in [3.63, 3.8) is 0 Å². The SMILES string of the molecule is C#CCCCn1c(C)nc(Cl)cc1=O. The molecule has 0 aliphatic rings. The predicted octanol–water partition coefficient (Wildman–Crippen LogP) is 1.62. The highest BCUT2D eigenvalue weighted by Gasteiger charge is 2.02. The van der Waals surface area contributed by atoms with E-state index >= 15 is 0 Å². The molecule has 0 spiro atoms. The molecule has 4 heteroatoms. The van der Waals surface area contributed by atoms with Crippen LogP contribution in [0.1, 0.15) is 18.7 Å². The number of aryl methyl sites for hydroxylation is 1. The number of halogens is 1. The van der Waals surface area contributed by atoms with Gasteiger partial charge in [0, 0.05) is 19.0 Å². The molecule has 0 saturated heterocycles. The highest BCUT2D eigenvalue weighted by molar-refractivity contribution is 6.29. The lowest BCUT2D eigenvalue weighted by molar-refractivity contribution is 0.601. The Hall–Kier alpha value is -1.27. The summed E-state index contributed by atoms with van der Waals surface area (Å²) in [4.78, 5) is 15.4. The van der Waals surface area contributed by atoms with E-state index in [4.69, 9.17) is 18.0 Å². The van der Waals surface area contributed by atoms with Crippen molar-refractivity contribution in [2.45, 2.75) is 26.3 Å². The Morgan fingerprint density at radius 3 is 3.00 bits per heavy atom. The van der Waals surface area contributed by atoms with E-state index in [0.717, 1.165) is 6.42 Å². The van der Waals surface area contributed by atoms with E-state index in [9.17, 15) is 4.79 Å². The van der Waals surface area contributed by atoms with Crippen molar-refractivity contribution < 1.29 is 0 Å². The predicted molar refractivity (Wildman–Crippen MR) is 56.3 cm³/mol. The topological polar surface area (TPSA) is 34.9 Å². The molecule has 0 aromatic carbocycles. The molecule has 3 nitrogen and oxygen atoms in total. The Morgan fingerprint density at radius 2 is 2.43 bits per heavy atom. The smallest absolute Gasteiger partial charge is 0.254 e. The largest absolute Gasteiger partial charge is 0.297 e. The first-order valence-corrected chi connectivity index (χ1v) is 4.70. The molecule has 14 heavy (non-hydrogen) atoms. The van der Waals surface area contributed by atoms with Crippen LogP contribution in [0.3, 0.4) is 0 Å². The first kappa shape index (κ1) is 10.8. The molecule has 0 aliphatic heterocycles. The maximum absolute atomic E-state index is 11.4. The first-order chi connectivity index (χ1) is 6.65. The van der Waals surface area contributed by atoms with Crippen LogP contribution in [0.15, 0.2) is 10.9 Å². The van der Waals surface area contributed by atoms with E-state index in [2.05, 4.69) is 10.9 Å². The molecule has 1 heterocycles. The van der Waals surface area contributed by atoms with Gasteiger partial charge in [0.15, 0.2) is 0 Å². The number of nitrogens with zero attached hydrogens (tertiary/aromatic N) is 2. The Kier molecular flexibility index (Phi) is 3.73. The molecular formula is C10H11ClN2O. The van der Waals surface area contributed by atoms with Crippen molar-refractivity contribution >= 4 is 11.6 Å². The van der Waals surface area contributed by atoms with Crippen LogP contribution in [0.4, 0.5) is 0 Å².